The summed E-state index contributed by atoms with van der Waals surface area (Å²) < 4.78 is 5.45. The van der Waals surface area contributed by atoms with Crippen LogP contribution in [0.15, 0.2) is 0 Å². The molecule has 0 spiro atoms. The van der Waals surface area contributed by atoms with Crippen molar-refractivity contribution < 1.29 is 9.53 Å². The molecule has 1 saturated carbocycles. The molecule has 2 atom stereocenters. The third kappa shape index (κ3) is 7.25. The van der Waals surface area contributed by atoms with Gasteiger partial charge in [0, 0.05) is 19.2 Å². The lowest BCUT2D eigenvalue weighted by Gasteiger charge is -2.37. The minimum absolute atomic E-state index is 0.100. The van der Waals surface area contributed by atoms with Crippen molar-refractivity contribution in [3.05, 3.63) is 0 Å². The molecule has 0 heterocycles. The average Bonchev–Trinajstić information content (AvgIpc) is 2.46. The van der Waals surface area contributed by atoms with Gasteiger partial charge in [-0.15, -0.1) is 0 Å². The van der Waals surface area contributed by atoms with Crippen molar-refractivity contribution in [1.29, 1.82) is 0 Å². The molecule has 1 amide bonds. The van der Waals surface area contributed by atoms with Gasteiger partial charge >= 0.3 is 0 Å². The topological polar surface area (TPSA) is 67.6 Å². The van der Waals surface area contributed by atoms with E-state index in [1.54, 1.807) is 0 Å². The van der Waals surface area contributed by atoms with Gasteiger partial charge in [-0.3, -0.25) is 9.69 Å². The molecule has 124 valence electrons. The number of nitrogens with two attached hydrogens (primary N) is 1. The zero-order valence-corrected chi connectivity index (χ0v) is 13.9. The van der Waals surface area contributed by atoms with Gasteiger partial charge in [0.2, 0.25) is 5.91 Å². The molecule has 0 radical (unpaired) electrons. The number of hydrogen-bond acceptors (Lipinski definition) is 4. The number of rotatable bonds is 9. The molecule has 5 heteroatoms. The van der Waals surface area contributed by atoms with Gasteiger partial charge in [0.05, 0.1) is 12.6 Å². The van der Waals surface area contributed by atoms with Crippen molar-refractivity contribution in [3.63, 3.8) is 0 Å². The molecule has 3 N–H and O–H groups in total. The number of ether oxygens (including phenoxy) is 1. The second-order valence-electron chi connectivity index (χ2n) is 6.39. The number of likely N-dealkylation sites (N-methyl/N-ethyl adjacent to an activating group) is 1. The molecule has 0 aromatic carbocycles. The first-order chi connectivity index (χ1) is 10.0. The molecule has 2 unspecified atom stereocenters. The summed E-state index contributed by atoms with van der Waals surface area (Å²) in [5, 5.41) is 2.97. The zero-order valence-electron chi connectivity index (χ0n) is 13.9. The normalized spacial score (nSPS) is 22.8. The molecule has 21 heavy (non-hydrogen) atoms. The summed E-state index contributed by atoms with van der Waals surface area (Å²) in [6.07, 6.45) is 6.00. The molecule has 5 nitrogen and oxygen atoms in total. The summed E-state index contributed by atoms with van der Waals surface area (Å²) in [5.41, 5.74) is 5.86. The van der Waals surface area contributed by atoms with Crippen LogP contribution in [0.3, 0.4) is 0 Å². The van der Waals surface area contributed by atoms with E-state index in [-0.39, 0.29) is 12.0 Å². The SMILES string of the molecule is CC(C)OCCCNC(=O)CN(C)C1CCCCC1CN. The lowest BCUT2D eigenvalue weighted by Crippen LogP contribution is -2.47. The van der Waals surface area contributed by atoms with Crippen molar-refractivity contribution >= 4 is 5.91 Å². The van der Waals surface area contributed by atoms with E-state index >= 15 is 0 Å². The third-order valence-corrected chi connectivity index (χ3v) is 4.23. The Bertz CT molecular complexity index is 297. The lowest BCUT2D eigenvalue weighted by atomic mass is 9.84. The van der Waals surface area contributed by atoms with Crippen LogP contribution in [0, 0.1) is 5.92 Å². The van der Waals surface area contributed by atoms with Gasteiger partial charge in [-0.25, -0.2) is 0 Å². The van der Waals surface area contributed by atoms with Crippen LogP contribution < -0.4 is 11.1 Å². The maximum Gasteiger partial charge on any atom is 0.234 e. The van der Waals surface area contributed by atoms with Crippen LogP contribution in [-0.2, 0) is 9.53 Å². The maximum atomic E-state index is 12.0. The van der Waals surface area contributed by atoms with E-state index in [9.17, 15) is 4.79 Å². The van der Waals surface area contributed by atoms with Crippen molar-refractivity contribution in [2.24, 2.45) is 11.7 Å². The second kappa shape index (κ2) is 10.1. The number of hydrogen-bond donors (Lipinski definition) is 2. The molecule has 1 fully saturated rings. The minimum Gasteiger partial charge on any atom is -0.379 e. The summed E-state index contributed by atoms with van der Waals surface area (Å²) in [4.78, 5) is 14.1. The van der Waals surface area contributed by atoms with Crippen LogP contribution in [0.4, 0.5) is 0 Å². The van der Waals surface area contributed by atoms with Gasteiger partial charge in [0.15, 0.2) is 0 Å². The number of nitrogens with zero attached hydrogens (tertiary/aromatic N) is 1. The van der Waals surface area contributed by atoms with E-state index in [1.165, 1.54) is 19.3 Å². The summed E-state index contributed by atoms with van der Waals surface area (Å²) >= 11 is 0. The number of carbonyl (C=O) groups excluding carboxylic acids is 1. The maximum absolute atomic E-state index is 12.0. The summed E-state index contributed by atoms with van der Waals surface area (Å²) in [5.74, 6) is 0.638. The number of amides is 1. The van der Waals surface area contributed by atoms with Crippen LogP contribution in [0.5, 0.6) is 0 Å². The van der Waals surface area contributed by atoms with Crippen LogP contribution in [-0.4, -0.2) is 56.2 Å². The van der Waals surface area contributed by atoms with Gasteiger partial charge in [-0.1, -0.05) is 12.8 Å². The smallest absolute Gasteiger partial charge is 0.234 e. The second-order valence-corrected chi connectivity index (χ2v) is 6.39. The Labute approximate surface area is 129 Å². The quantitative estimate of drug-likeness (QED) is 0.631. The van der Waals surface area contributed by atoms with Gasteiger partial charge < -0.3 is 15.8 Å². The van der Waals surface area contributed by atoms with E-state index in [0.29, 0.717) is 31.7 Å². The molecule has 0 bridgehead atoms. The molecular formula is C16H33N3O2. The fourth-order valence-electron chi connectivity index (χ4n) is 3.06. The van der Waals surface area contributed by atoms with Crippen LogP contribution in [0.1, 0.15) is 46.0 Å². The highest BCUT2D eigenvalue weighted by Crippen LogP contribution is 2.26. The molecule has 0 aromatic heterocycles. The van der Waals surface area contributed by atoms with Gasteiger partial charge in [-0.05, 0) is 52.6 Å². The Kier molecular flexibility index (Phi) is 8.88. The van der Waals surface area contributed by atoms with Gasteiger partial charge in [-0.2, -0.15) is 0 Å². The van der Waals surface area contributed by atoms with Crippen molar-refractivity contribution in [1.82, 2.24) is 10.2 Å². The predicted molar refractivity (Wildman–Crippen MR) is 86.1 cm³/mol. The highest BCUT2D eigenvalue weighted by molar-refractivity contribution is 5.77. The van der Waals surface area contributed by atoms with Crippen molar-refractivity contribution in [3.8, 4) is 0 Å². The largest absolute Gasteiger partial charge is 0.379 e. The summed E-state index contributed by atoms with van der Waals surface area (Å²) in [6, 6.07) is 0.457. The summed E-state index contributed by atoms with van der Waals surface area (Å²) in [6.45, 7) is 6.61. The van der Waals surface area contributed by atoms with E-state index in [0.717, 1.165) is 19.4 Å². The van der Waals surface area contributed by atoms with E-state index in [4.69, 9.17) is 10.5 Å². The molecule has 0 aliphatic heterocycles. The monoisotopic (exact) mass is 299 g/mol. The van der Waals surface area contributed by atoms with E-state index in [2.05, 4.69) is 10.2 Å². The van der Waals surface area contributed by atoms with E-state index in [1.807, 2.05) is 20.9 Å². The molecular weight excluding hydrogens is 266 g/mol. The average molecular weight is 299 g/mol. The van der Waals surface area contributed by atoms with E-state index < -0.39 is 0 Å². The Morgan fingerprint density at radius 1 is 1.38 bits per heavy atom. The lowest BCUT2D eigenvalue weighted by molar-refractivity contribution is -0.122. The van der Waals surface area contributed by atoms with Gasteiger partial charge in [0.25, 0.3) is 0 Å². The Morgan fingerprint density at radius 2 is 2.10 bits per heavy atom. The molecule has 0 aromatic rings. The zero-order chi connectivity index (χ0) is 15.7. The number of carbonyl (C=O) groups is 1. The Morgan fingerprint density at radius 3 is 2.76 bits per heavy atom. The molecule has 1 rings (SSSR count). The third-order valence-electron chi connectivity index (χ3n) is 4.23. The Hall–Kier alpha value is -0.650. The molecule has 1 aliphatic carbocycles. The van der Waals surface area contributed by atoms with Crippen LogP contribution in [0.2, 0.25) is 0 Å². The van der Waals surface area contributed by atoms with Crippen molar-refractivity contribution in [2.75, 3.05) is 33.3 Å². The standard InChI is InChI=1S/C16H33N3O2/c1-13(2)21-10-6-9-18-16(20)12-19(3)15-8-5-4-7-14(15)11-17/h13-15H,4-12,17H2,1-3H3,(H,18,20). The highest BCUT2D eigenvalue weighted by Gasteiger charge is 2.27. The predicted octanol–water partition coefficient (Wildman–Crippen LogP) is 1.37. The summed E-state index contributed by atoms with van der Waals surface area (Å²) in [7, 11) is 2.04. The first-order valence-corrected chi connectivity index (χ1v) is 8.33. The fraction of sp³-hybridized carbons (Fsp3) is 0.938. The highest BCUT2D eigenvalue weighted by atomic mass is 16.5. The first-order valence-electron chi connectivity index (χ1n) is 8.33. The minimum atomic E-state index is 0.100. The Balaban J connectivity index is 2.20. The van der Waals surface area contributed by atoms with Crippen molar-refractivity contribution in [2.45, 2.75) is 58.1 Å². The molecule has 0 saturated heterocycles. The van der Waals surface area contributed by atoms with Crippen LogP contribution >= 0.6 is 0 Å². The molecule has 1 aliphatic rings. The van der Waals surface area contributed by atoms with Crippen LogP contribution in [0.25, 0.3) is 0 Å². The fourth-order valence-corrected chi connectivity index (χ4v) is 3.06. The first kappa shape index (κ1) is 18.4. The van der Waals surface area contributed by atoms with Gasteiger partial charge in [0.1, 0.15) is 0 Å². The number of nitrogens with one attached hydrogen (secondary N) is 1.